The van der Waals surface area contributed by atoms with Crippen molar-refractivity contribution in [1.82, 2.24) is 10.3 Å². The second-order valence-corrected chi connectivity index (χ2v) is 6.18. The first-order valence-electron chi connectivity index (χ1n) is 6.20. The summed E-state index contributed by atoms with van der Waals surface area (Å²) >= 11 is 1.85. The molecule has 0 aliphatic heterocycles. The van der Waals surface area contributed by atoms with E-state index in [0.717, 1.165) is 17.3 Å². The highest BCUT2D eigenvalue weighted by Gasteiger charge is 2.12. The molecule has 0 aliphatic rings. The third kappa shape index (κ3) is 2.82. The van der Waals surface area contributed by atoms with E-state index in [-0.39, 0.29) is 0 Å². The van der Waals surface area contributed by atoms with Crippen molar-refractivity contribution in [3.63, 3.8) is 0 Å². The van der Waals surface area contributed by atoms with Gasteiger partial charge in [-0.25, -0.2) is 4.98 Å². The predicted molar refractivity (Wildman–Crippen MR) is 75.0 cm³/mol. The first-order valence-corrected chi connectivity index (χ1v) is 7.02. The van der Waals surface area contributed by atoms with Crippen molar-refractivity contribution in [2.45, 2.75) is 47.2 Å². The Kier molecular flexibility index (Phi) is 3.88. The van der Waals surface area contributed by atoms with Crippen LogP contribution in [0.3, 0.4) is 0 Å². The van der Waals surface area contributed by atoms with Crippen molar-refractivity contribution in [2.75, 3.05) is 0 Å². The Hall–Kier alpha value is -1.13. The molecule has 1 unspecified atom stereocenters. The Morgan fingerprint density at radius 1 is 1.33 bits per heavy atom. The van der Waals surface area contributed by atoms with Gasteiger partial charge in [0.25, 0.3) is 0 Å². The maximum absolute atomic E-state index is 5.56. The molecule has 1 N–H and O–H groups in total. The molecule has 2 aromatic heterocycles. The summed E-state index contributed by atoms with van der Waals surface area (Å²) in [6, 6.07) is 2.58. The Balaban J connectivity index is 2.00. The van der Waals surface area contributed by atoms with Crippen molar-refractivity contribution in [3.05, 3.63) is 38.7 Å². The number of aryl methyl sites for hydroxylation is 4. The summed E-state index contributed by atoms with van der Waals surface area (Å²) in [6.45, 7) is 11.1. The van der Waals surface area contributed by atoms with Gasteiger partial charge >= 0.3 is 0 Å². The lowest BCUT2D eigenvalue weighted by molar-refractivity contribution is 0.432. The molecule has 0 radical (unpaired) electrons. The van der Waals surface area contributed by atoms with Crippen LogP contribution in [0.1, 0.15) is 45.6 Å². The van der Waals surface area contributed by atoms with Gasteiger partial charge in [-0.3, -0.25) is 0 Å². The molecule has 1 atom stereocenters. The van der Waals surface area contributed by atoms with Crippen LogP contribution >= 0.6 is 11.3 Å². The zero-order valence-corrected chi connectivity index (χ0v) is 12.4. The quantitative estimate of drug-likeness (QED) is 0.912. The van der Waals surface area contributed by atoms with Gasteiger partial charge in [-0.1, -0.05) is 0 Å². The van der Waals surface area contributed by atoms with Crippen LogP contribution in [0.5, 0.6) is 0 Å². The number of aromatic nitrogens is 1. The minimum atomic E-state index is 0.322. The van der Waals surface area contributed by atoms with E-state index in [0.29, 0.717) is 12.6 Å². The molecule has 2 heterocycles. The van der Waals surface area contributed by atoms with Gasteiger partial charge in [-0.2, -0.15) is 0 Å². The SMILES string of the molecule is Cc1cc(C(C)NCc2nc(C)c(C)o2)c(C)s1. The maximum Gasteiger partial charge on any atom is 0.208 e. The topological polar surface area (TPSA) is 38.1 Å². The number of hydrogen-bond acceptors (Lipinski definition) is 4. The molecule has 0 aliphatic carbocycles. The lowest BCUT2D eigenvalue weighted by Gasteiger charge is -2.12. The van der Waals surface area contributed by atoms with E-state index in [1.807, 2.05) is 25.2 Å². The normalized spacial score (nSPS) is 12.9. The fourth-order valence-electron chi connectivity index (χ4n) is 2.05. The van der Waals surface area contributed by atoms with Gasteiger partial charge in [0.15, 0.2) is 0 Å². The smallest absolute Gasteiger partial charge is 0.208 e. The molecule has 0 saturated carbocycles. The van der Waals surface area contributed by atoms with Crippen LogP contribution < -0.4 is 5.32 Å². The lowest BCUT2D eigenvalue weighted by Crippen LogP contribution is -2.18. The number of thiophene rings is 1. The van der Waals surface area contributed by atoms with E-state index < -0.39 is 0 Å². The zero-order valence-electron chi connectivity index (χ0n) is 11.6. The van der Waals surface area contributed by atoms with Gasteiger partial charge in [-0.15, -0.1) is 11.3 Å². The van der Waals surface area contributed by atoms with Crippen LogP contribution in [-0.4, -0.2) is 4.98 Å². The van der Waals surface area contributed by atoms with Gasteiger partial charge in [0.1, 0.15) is 5.76 Å². The Morgan fingerprint density at radius 2 is 2.06 bits per heavy atom. The molecule has 4 heteroatoms. The second kappa shape index (κ2) is 5.24. The molecule has 2 aromatic rings. The van der Waals surface area contributed by atoms with Crippen molar-refractivity contribution in [1.29, 1.82) is 0 Å². The van der Waals surface area contributed by atoms with E-state index in [4.69, 9.17) is 4.42 Å². The van der Waals surface area contributed by atoms with E-state index in [1.165, 1.54) is 15.3 Å². The third-order valence-electron chi connectivity index (χ3n) is 3.18. The van der Waals surface area contributed by atoms with E-state index in [2.05, 4.69) is 37.1 Å². The van der Waals surface area contributed by atoms with Crippen LogP contribution in [-0.2, 0) is 6.54 Å². The summed E-state index contributed by atoms with van der Waals surface area (Å²) in [5, 5.41) is 3.46. The minimum absolute atomic E-state index is 0.322. The molecule has 0 amide bonds. The van der Waals surface area contributed by atoms with Gasteiger partial charge in [-0.05, 0) is 46.2 Å². The molecule has 2 rings (SSSR count). The molecule has 0 fully saturated rings. The first-order chi connectivity index (χ1) is 8.47. The monoisotopic (exact) mass is 264 g/mol. The standard InChI is InChI=1S/C14H20N2OS/c1-8-6-13(12(5)18-8)10(3)15-7-14-16-9(2)11(4)17-14/h6,10,15H,7H2,1-5H3. The maximum atomic E-state index is 5.56. The number of oxazole rings is 1. The number of hydrogen-bond donors (Lipinski definition) is 1. The highest BCUT2D eigenvalue weighted by atomic mass is 32.1. The highest BCUT2D eigenvalue weighted by molar-refractivity contribution is 7.12. The van der Waals surface area contributed by atoms with Gasteiger partial charge in [0, 0.05) is 15.8 Å². The van der Waals surface area contributed by atoms with Crippen LogP contribution in [0, 0.1) is 27.7 Å². The molecule has 3 nitrogen and oxygen atoms in total. The van der Waals surface area contributed by atoms with E-state index in [1.54, 1.807) is 0 Å². The average Bonchev–Trinajstić information content (AvgIpc) is 2.79. The lowest BCUT2D eigenvalue weighted by atomic mass is 10.1. The first kappa shape index (κ1) is 13.3. The summed E-state index contributed by atoms with van der Waals surface area (Å²) in [5.74, 6) is 1.67. The highest BCUT2D eigenvalue weighted by Crippen LogP contribution is 2.26. The number of nitrogens with one attached hydrogen (secondary N) is 1. The van der Waals surface area contributed by atoms with Crippen LogP contribution in [0.25, 0.3) is 0 Å². The second-order valence-electron chi connectivity index (χ2n) is 4.72. The Labute approximate surface area is 112 Å². The molecule has 0 aromatic carbocycles. The molecule has 98 valence electrons. The molecular weight excluding hydrogens is 244 g/mol. The van der Waals surface area contributed by atoms with E-state index in [9.17, 15) is 0 Å². The zero-order chi connectivity index (χ0) is 13.3. The minimum Gasteiger partial charge on any atom is -0.444 e. The fraction of sp³-hybridized carbons (Fsp3) is 0.500. The molecule has 0 bridgehead atoms. The summed E-state index contributed by atoms with van der Waals surface area (Å²) in [4.78, 5) is 7.12. The van der Waals surface area contributed by atoms with Crippen LogP contribution in [0.4, 0.5) is 0 Å². The van der Waals surface area contributed by atoms with E-state index >= 15 is 0 Å². The summed E-state index contributed by atoms with van der Waals surface area (Å²) < 4.78 is 5.56. The van der Waals surface area contributed by atoms with Crippen molar-refractivity contribution >= 4 is 11.3 Å². The number of nitrogens with zero attached hydrogens (tertiary/aromatic N) is 1. The Morgan fingerprint density at radius 3 is 2.56 bits per heavy atom. The molecule has 0 spiro atoms. The number of rotatable bonds is 4. The average molecular weight is 264 g/mol. The molecule has 18 heavy (non-hydrogen) atoms. The van der Waals surface area contributed by atoms with Gasteiger partial charge < -0.3 is 9.73 Å². The summed E-state index contributed by atoms with van der Waals surface area (Å²) in [5.41, 5.74) is 2.35. The summed E-state index contributed by atoms with van der Waals surface area (Å²) in [7, 11) is 0. The largest absolute Gasteiger partial charge is 0.444 e. The summed E-state index contributed by atoms with van der Waals surface area (Å²) in [6.07, 6.45) is 0. The van der Waals surface area contributed by atoms with Crippen molar-refractivity contribution in [2.24, 2.45) is 0 Å². The molecular formula is C14H20N2OS. The molecule has 0 saturated heterocycles. The van der Waals surface area contributed by atoms with Crippen molar-refractivity contribution < 1.29 is 4.42 Å². The Bertz CT molecular complexity index is 522. The third-order valence-corrected chi connectivity index (χ3v) is 4.16. The predicted octanol–water partition coefficient (Wildman–Crippen LogP) is 3.82. The fourth-order valence-corrected chi connectivity index (χ4v) is 3.07. The van der Waals surface area contributed by atoms with Crippen LogP contribution in [0.15, 0.2) is 10.5 Å². The van der Waals surface area contributed by atoms with Crippen molar-refractivity contribution in [3.8, 4) is 0 Å². The van der Waals surface area contributed by atoms with Crippen LogP contribution in [0.2, 0.25) is 0 Å². The van der Waals surface area contributed by atoms with Gasteiger partial charge in [0.2, 0.25) is 5.89 Å². The van der Waals surface area contributed by atoms with Gasteiger partial charge in [0.05, 0.1) is 12.2 Å².